The molecule has 3 nitrogen and oxygen atoms in total. The summed E-state index contributed by atoms with van der Waals surface area (Å²) >= 11 is 1.53. The molecule has 106 valence electrons. The Hall–Kier alpha value is -1.55. The van der Waals surface area contributed by atoms with E-state index in [0.717, 1.165) is 33.6 Å². The van der Waals surface area contributed by atoms with Gasteiger partial charge in [0.15, 0.2) is 0 Å². The summed E-state index contributed by atoms with van der Waals surface area (Å²) in [6, 6.07) is 7.71. The molecule has 1 aliphatic rings. The summed E-state index contributed by atoms with van der Waals surface area (Å²) in [6.45, 7) is 3.02. The van der Waals surface area contributed by atoms with Crippen LogP contribution in [0, 0.1) is 5.41 Å². The van der Waals surface area contributed by atoms with Crippen molar-refractivity contribution in [2.75, 3.05) is 12.3 Å². The maximum atomic E-state index is 12.3. The molecule has 1 aromatic carbocycles. The Balaban J connectivity index is 1.72. The van der Waals surface area contributed by atoms with E-state index in [1.54, 1.807) is 0 Å². The lowest BCUT2D eigenvalue weighted by Crippen LogP contribution is -2.41. The zero-order chi connectivity index (χ0) is 14.2. The van der Waals surface area contributed by atoms with Crippen LogP contribution in [0.2, 0.25) is 0 Å². The molecule has 4 heteroatoms. The molecule has 1 amide bonds. The molecule has 1 fully saturated rings. The van der Waals surface area contributed by atoms with Crippen LogP contribution < -0.4 is 11.1 Å². The van der Waals surface area contributed by atoms with Crippen molar-refractivity contribution < 1.29 is 4.79 Å². The van der Waals surface area contributed by atoms with Crippen molar-refractivity contribution >= 4 is 33.0 Å². The number of nitrogen functional groups attached to an aromatic ring is 1. The molecular formula is C16H20N2OS. The van der Waals surface area contributed by atoms with Crippen LogP contribution >= 0.6 is 11.3 Å². The summed E-state index contributed by atoms with van der Waals surface area (Å²) in [5, 5.41) is 4.16. The van der Waals surface area contributed by atoms with E-state index in [0.29, 0.717) is 5.41 Å². The number of rotatable bonds is 4. The number of nitrogens with two attached hydrogens (primary N) is 1. The molecule has 3 N–H and O–H groups in total. The first-order valence-corrected chi connectivity index (χ1v) is 8.01. The quantitative estimate of drug-likeness (QED) is 0.841. The maximum absolute atomic E-state index is 12.3. The average Bonchev–Trinajstić information content (AvgIpc) is 2.80. The summed E-state index contributed by atoms with van der Waals surface area (Å²) in [6.07, 6.45) is 4.93. The fraction of sp³-hybridized carbons (Fsp3) is 0.438. The van der Waals surface area contributed by atoms with Crippen molar-refractivity contribution in [3.05, 3.63) is 29.1 Å². The number of nitrogens with one attached hydrogen (secondary N) is 1. The summed E-state index contributed by atoms with van der Waals surface area (Å²) in [5.74, 6) is 0.0458. The molecule has 0 unspecified atom stereocenters. The minimum Gasteiger partial charge on any atom is -0.399 e. The molecule has 0 atom stereocenters. The largest absolute Gasteiger partial charge is 0.399 e. The Bertz CT molecular complexity index is 637. The lowest BCUT2D eigenvalue weighted by Gasteiger charge is -2.41. The highest BCUT2D eigenvalue weighted by molar-refractivity contribution is 7.20. The highest BCUT2D eigenvalue weighted by Crippen LogP contribution is 2.43. The van der Waals surface area contributed by atoms with Crippen LogP contribution in [0.3, 0.4) is 0 Å². The normalized spacial score (nSPS) is 16.9. The van der Waals surface area contributed by atoms with Crippen LogP contribution in [0.5, 0.6) is 0 Å². The number of anilines is 1. The number of benzene rings is 1. The second kappa shape index (κ2) is 5.09. The van der Waals surface area contributed by atoms with E-state index in [9.17, 15) is 4.79 Å². The highest BCUT2D eigenvalue weighted by atomic mass is 32.1. The van der Waals surface area contributed by atoms with Gasteiger partial charge in [-0.1, -0.05) is 13.3 Å². The third kappa shape index (κ3) is 2.40. The molecule has 1 aromatic heterocycles. The van der Waals surface area contributed by atoms with Crippen LogP contribution in [0.4, 0.5) is 5.69 Å². The van der Waals surface area contributed by atoms with E-state index in [2.05, 4.69) is 12.2 Å². The molecule has 3 rings (SSSR count). The fourth-order valence-electron chi connectivity index (χ4n) is 2.86. The van der Waals surface area contributed by atoms with Gasteiger partial charge >= 0.3 is 0 Å². The van der Waals surface area contributed by atoms with Gasteiger partial charge in [0.25, 0.3) is 5.91 Å². The molecule has 1 aliphatic carbocycles. The highest BCUT2D eigenvalue weighted by Gasteiger charge is 2.35. The van der Waals surface area contributed by atoms with E-state index in [1.165, 1.54) is 30.6 Å². The van der Waals surface area contributed by atoms with Crippen molar-refractivity contribution in [2.24, 2.45) is 5.41 Å². The number of carbonyl (C=O) groups is 1. The molecule has 0 spiro atoms. The number of hydrogen-bond acceptors (Lipinski definition) is 3. The van der Waals surface area contributed by atoms with E-state index < -0.39 is 0 Å². The smallest absolute Gasteiger partial charge is 0.261 e. The summed E-state index contributed by atoms with van der Waals surface area (Å²) in [5.41, 5.74) is 6.87. The predicted octanol–water partition coefficient (Wildman–Crippen LogP) is 3.79. The van der Waals surface area contributed by atoms with Gasteiger partial charge in [0, 0.05) is 16.9 Å². The number of hydrogen-bond donors (Lipinski definition) is 2. The zero-order valence-electron chi connectivity index (χ0n) is 11.7. The van der Waals surface area contributed by atoms with Gasteiger partial charge in [-0.15, -0.1) is 11.3 Å². The van der Waals surface area contributed by atoms with Gasteiger partial charge in [-0.05, 0) is 54.3 Å². The first-order chi connectivity index (χ1) is 9.62. The van der Waals surface area contributed by atoms with Gasteiger partial charge in [-0.2, -0.15) is 0 Å². The van der Waals surface area contributed by atoms with Gasteiger partial charge in [0.05, 0.1) is 4.88 Å². The van der Waals surface area contributed by atoms with Crippen molar-refractivity contribution in [2.45, 2.75) is 32.6 Å². The Morgan fingerprint density at radius 1 is 1.40 bits per heavy atom. The fourth-order valence-corrected chi connectivity index (χ4v) is 3.82. The zero-order valence-corrected chi connectivity index (χ0v) is 12.6. The van der Waals surface area contributed by atoms with Crippen LogP contribution in [-0.2, 0) is 0 Å². The molecule has 0 saturated heterocycles. The summed E-state index contributed by atoms with van der Waals surface area (Å²) in [4.78, 5) is 13.0. The Labute approximate surface area is 123 Å². The van der Waals surface area contributed by atoms with Gasteiger partial charge in [0.1, 0.15) is 0 Å². The molecule has 0 bridgehead atoms. The van der Waals surface area contributed by atoms with Crippen LogP contribution in [0.25, 0.3) is 10.1 Å². The standard InChI is InChI=1S/C16H20N2OS/c1-2-16(6-3-7-16)10-18-15(19)14-9-11-8-12(17)4-5-13(11)20-14/h4-5,8-9H,2-3,6-7,10,17H2,1H3,(H,18,19). The van der Waals surface area contributed by atoms with Crippen molar-refractivity contribution in [3.8, 4) is 0 Å². The summed E-state index contributed by atoms with van der Waals surface area (Å²) in [7, 11) is 0. The van der Waals surface area contributed by atoms with Gasteiger partial charge in [-0.25, -0.2) is 0 Å². The molecule has 0 aliphatic heterocycles. The minimum atomic E-state index is 0.0458. The molecule has 20 heavy (non-hydrogen) atoms. The van der Waals surface area contributed by atoms with Gasteiger partial charge in [-0.3, -0.25) is 4.79 Å². The van der Waals surface area contributed by atoms with Crippen molar-refractivity contribution in [1.82, 2.24) is 5.32 Å². The number of thiophene rings is 1. The second-order valence-corrected chi connectivity index (χ2v) is 6.88. The number of carbonyl (C=O) groups excluding carboxylic acids is 1. The van der Waals surface area contributed by atoms with E-state index >= 15 is 0 Å². The molecule has 0 radical (unpaired) electrons. The number of fused-ring (bicyclic) bond motifs is 1. The predicted molar refractivity (Wildman–Crippen MR) is 85.1 cm³/mol. The second-order valence-electron chi connectivity index (χ2n) is 5.80. The minimum absolute atomic E-state index is 0.0458. The number of amides is 1. The maximum Gasteiger partial charge on any atom is 0.261 e. The van der Waals surface area contributed by atoms with E-state index in [4.69, 9.17) is 5.73 Å². The van der Waals surface area contributed by atoms with Crippen molar-refractivity contribution in [3.63, 3.8) is 0 Å². The SMILES string of the molecule is CCC1(CNC(=O)c2cc3cc(N)ccc3s2)CCC1. The molecule has 1 heterocycles. The monoisotopic (exact) mass is 288 g/mol. The topological polar surface area (TPSA) is 55.1 Å². The van der Waals surface area contributed by atoms with Gasteiger partial charge in [0.2, 0.25) is 0 Å². The Kier molecular flexibility index (Phi) is 3.42. The molecule has 1 saturated carbocycles. The van der Waals surface area contributed by atoms with Crippen LogP contribution in [-0.4, -0.2) is 12.5 Å². The van der Waals surface area contributed by atoms with Crippen LogP contribution in [0.1, 0.15) is 42.3 Å². The lowest BCUT2D eigenvalue weighted by molar-refractivity contribution is 0.0854. The Morgan fingerprint density at radius 3 is 2.85 bits per heavy atom. The van der Waals surface area contributed by atoms with E-state index in [1.807, 2.05) is 24.3 Å². The van der Waals surface area contributed by atoms with Gasteiger partial charge < -0.3 is 11.1 Å². The first-order valence-electron chi connectivity index (χ1n) is 7.19. The molecule has 2 aromatic rings. The third-order valence-corrected chi connectivity index (χ3v) is 5.67. The van der Waals surface area contributed by atoms with Crippen LogP contribution in [0.15, 0.2) is 24.3 Å². The first kappa shape index (κ1) is 13.4. The lowest BCUT2D eigenvalue weighted by atomic mass is 9.67. The molecular weight excluding hydrogens is 268 g/mol. The van der Waals surface area contributed by atoms with Crippen molar-refractivity contribution in [1.29, 1.82) is 0 Å². The van der Waals surface area contributed by atoms with E-state index in [-0.39, 0.29) is 5.91 Å². The average molecular weight is 288 g/mol. The third-order valence-electron chi connectivity index (χ3n) is 4.55. The Morgan fingerprint density at radius 2 is 2.20 bits per heavy atom. The summed E-state index contributed by atoms with van der Waals surface area (Å²) < 4.78 is 1.11.